The van der Waals surface area contributed by atoms with Gasteiger partial charge >= 0.3 is 5.69 Å². The summed E-state index contributed by atoms with van der Waals surface area (Å²) in [5.74, 6) is -0.566. The van der Waals surface area contributed by atoms with Gasteiger partial charge in [0.1, 0.15) is 0 Å². The van der Waals surface area contributed by atoms with Gasteiger partial charge in [-0.25, -0.2) is 13.1 Å². The summed E-state index contributed by atoms with van der Waals surface area (Å²) < 4.78 is 31.7. The molecule has 10 heteroatoms. The fraction of sp³-hybridized carbons (Fsp3) is 0.167. The minimum absolute atomic E-state index is 0.0233. The summed E-state index contributed by atoms with van der Waals surface area (Å²) in [6, 6.07) is 11.3. The van der Waals surface area contributed by atoms with Gasteiger partial charge in [0.15, 0.2) is 11.9 Å². The van der Waals surface area contributed by atoms with Crippen LogP contribution in [-0.4, -0.2) is 31.9 Å². The third-order valence-corrected chi connectivity index (χ3v) is 5.02. The number of carbonyl (C=O) groups is 1. The van der Waals surface area contributed by atoms with E-state index in [9.17, 15) is 23.3 Å². The third kappa shape index (κ3) is 5.38. The summed E-state index contributed by atoms with van der Waals surface area (Å²) in [6.07, 6.45) is 0.406. The molecular weight excluding hydrogens is 386 g/mol. The topological polar surface area (TPSA) is 128 Å². The van der Waals surface area contributed by atoms with Crippen molar-refractivity contribution in [3.63, 3.8) is 0 Å². The lowest BCUT2D eigenvalue weighted by Crippen LogP contribution is -2.30. The van der Waals surface area contributed by atoms with Crippen LogP contribution < -0.4 is 14.8 Å². The number of sulfonamides is 1. The maximum absolute atomic E-state index is 12.3. The van der Waals surface area contributed by atoms with Crippen LogP contribution >= 0.6 is 0 Å². The van der Waals surface area contributed by atoms with Crippen LogP contribution in [0.15, 0.2) is 66.1 Å². The molecule has 0 fully saturated rings. The Balaban J connectivity index is 2.05. The first kappa shape index (κ1) is 21.1. The molecule has 0 saturated carbocycles. The molecule has 0 aliphatic heterocycles. The number of amides is 1. The van der Waals surface area contributed by atoms with Crippen molar-refractivity contribution in [1.82, 2.24) is 4.72 Å². The first-order valence-corrected chi connectivity index (χ1v) is 9.64. The summed E-state index contributed by atoms with van der Waals surface area (Å²) >= 11 is 0. The van der Waals surface area contributed by atoms with E-state index in [2.05, 4.69) is 16.6 Å². The molecule has 2 aromatic carbocycles. The number of nitrogens with one attached hydrogen (secondary N) is 2. The molecule has 2 rings (SSSR count). The molecule has 0 aromatic heterocycles. The Morgan fingerprint density at radius 3 is 2.50 bits per heavy atom. The molecule has 1 amide bonds. The van der Waals surface area contributed by atoms with Gasteiger partial charge in [0.05, 0.1) is 9.82 Å². The number of rotatable bonds is 9. The van der Waals surface area contributed by atoms with E-state index in [4.69, 9.17) is 4.74 Å². The monoisotopic (exact) mass is 405 g/mol. The highest BCUT2D eigenvalue weighted by atomic mass is 32.2. The van der Waals surface area contributed by atoms with E-state index >= 15 is 0 Å². The van der Waals surface area contributed by atoms with Crippen LogP contribution in [-0.2, 0) is 14.8 Å². The Kier molecular flexibility index (Phi) is 6.85. The van der Waals surface area contributed by atoms with Crippen molar-refractivity contribution in [3.05, 3.63) is 71.3 Å². The second kappa shape index (κ2) is 9.11. The molecule has 148 valence electrons. The zero-order valence-corrected chi connectivity index (χ0v) is 15.8. The van der Waals surface area contributed by atoms with E-state index in [1.54, 1.807) is 6.07 Å². The Morgan fingerprint density at radius 2 is 1.89 bits per heavy atom. The van der Waals surface area contributed by atoms with E-state index in [-0.39, 0.29) is 22.9 Å². The number of nitro groups is 1. The first-order valence-electron chi connectivity index (χ1n) is 8.16. The van der Waals surface area contributed by atoms with Crippen LogP contribution in [0.2, 0.25) is 0 Å². The predicted molar refractivity (Wildman–Crippen MR) is 104 cm³/mol. The summed E-state index contributed by atoms with van der Waals surface area (Å²) in [6.45, 7) is 4.99. The molecule has 0 aliphatic carbocycles. The van der Waals surface area contributed by atoms with E-state index < -0.39 is 27.0 Å². The Morgan fingerprint density at radius 1 is 1.25 bits per heavy atom. The summed E-state index contributed by atoms with van der Waals surface area (Å²) in [4.78, 5) is 22.7. The molecule has 9 nitrogen and oxygen atoms in total. The van der Waals surface area contributed by atoms with Crippen molar-refractivity contribution in [2.24, 2.45) is 0 Å². The number of hydrogen-bond donors (Lipinski definition) is 2. The second-order valence-corrected chi connectivity index (χ2v) is 7.41. The van der Waals surface area contributed by atoms with Crippen LogP contribution in [0.4, 0.5) is 11.4 Å². The molecule has 2 aromatic rings. The molecule has 2 N–H and O–H groups in total. The highest BCUT2D eigenvalue weighted by Crippen LogP contribution is 2.27. The maximum atomic E-state index is 12.3. The zero-order chi connectivity index (χ0) is 20.7. The van der Waals surface area contributed by atoms with Crippen LogP contribution in [0.3, 0.4) is 0 Å². The second-order valence-electron chi connectivity index (χ2n) is 5.64. The number of benzene rings is 2. The number of hydrogen-bond acceptors (Lipinski definition) is 6. The minimum atomic E-state index is -3.66. The van der Waals surface area contributed by atoms with Crippen molar-refractivity contribution < 1.29 is 22.9 Å². The number of anilines is 1. The average molecular weight is 405 g/mol. The predicted octanol–water partition coefficient (Wildman–Crippen LogP) is 2.47. The highest BCUT2D eigenvalue weighted by molar-refractivity contribution is 7.89. The molecular formula is C18H19N3O6S. The summed E-state index contributed by atoms with van der Waals surface area (Å²) in [7, 11) is -3.66. The number of ether oxygens (including phenoxy) is 1. The van der Waals surface area contributed by atoms with E-state index in [0.717, 1.165) is 0 Å². The number of nitrogens with zero attached hydrogens (tertiary/aromatic N) is 1. The van der Waals surface area contributed by atoms with Gasteiger partial charge < -0.3 is 10.1 Å². The molecule has 28 heavy (non-hydrogen) atoms. The van der Waals surface area contributed by atoms with Gasteiger partial charge in [0, 0.05) is 18.3 Å². The van der Waals surface area contributed by atoms with Gasteiger partial charge in [-0.1, -0.05) is 18.2 Å². The van der Waals surface area contributed by atoms with Crippen molar-refractivity contribution in [2.75, 3.05) is 11.9 Å². The summed E-state index contributed by atoms with van der Waals surface area (Å²) in [5, 5.41) is 13.6. The molecule has 1 atom stereocenters. The SMILES string of the molecule is C=CCNS(=O)(=O)c1ccc(NC(=O)[C@@H](C)Oc2ccccc2[N+](=O)[O-])cc1. The van der Waals surface area contributed by atoms with E-state index in [1.165, 1.54) is 55.5 Å². The fourth-order valence-corrected chi connectivity index (χ4v) is 3.16. The lowest BCUT2D eigenvalue weighted by Gasteiger charge is -2.15. The van der Waals surface area contributed by atoms with Crippen LogP contribution in [0.1, 0.15) is 6.92 Å². The molecule has 0 radical (unpaired) electrons. The quantitative estimate of drug-likeness (QED) is 0.375. The third-order valence-electron chi connectivity index (χ3n) is 3.58. The van der Waals surface area contributed by atoms with Crippen molar-refractivity contribution in [2.45, 2.75) is 17.9 Å². The summed E-state index contributed by atoms with van der Waals surface area (Å²) in [5.41, 5.74) is 0.106. The number of carbonyl (C=O) groups excluding carboxylic acids is 1. The fourth-order valence-electron chi connectivity index (χ4n) is 2.16. The van der Waals surface area contributed by atoms with Crippen molar-refractivity contribution >= 4 is 27.3 Å². The van der Waals surface area contributed by atoms with Gasteiger partial charge in [-0.3, -0.25) is 14.9 Å². The van der Waals surface area contributed by atoms with E-state index in [1.807, 2.05) is 0 Å². The van der Waals surface area contributed by atoms with Gasteiger partial charge in [0.25, 0.3) is 5.91 Å². The van der Waals surface area contributed by atoms with Gasteiger partial charge in [-0.05, 0) is 37.3 Å². The van der Waals surface area contributed by atoms with Crippen molar-refractivity contribution in [1.29, 1.82) is 0 Å². The van der Waals surface area contributed by atoms with Gasteiger partial charge in [-0.2, -0.15) is 0 Å². The average Bonchev–Trinajstić information content (AvgIpc) is 2.67. The highest BCUT2D eigenvalue weighted by Gasteiger charge is 2.21. The van der Waals surface area contributed by atoms with E-state index in [0.29, 0.717) is 5.69 Å². The molecule has 0 bridgehead atoms. The Hall–Kier alpha value is -3.24. The lowest BCUT2D eigenvalue weighted by atomic mass is 10.2. The van der Waals surface area contributed by atoms with Crippen LogP contribution in [0.25, 0.3) is 0 Å². The maximum Gasteiger partial charge on any atom is 0.310 e. The van der Waals surface area contributed by atoms with Gasteiger partial charge in [-0.15, -0.1) is 6.58 Å². The normalized spacial score (nSPS) is 12.0. The first-order chi connectivity index (χ1) is 13.2. The molecule has 0 aliphatic rings. The number of nitro benzene ring substituents is 1. The minimum Gasteiger partial charge on any atom is -0.474 e. The molecule has 0 heterocycles. The molecule has 0 unspecified atom stereocenters. The lowest BCUT2D eigenvalue weighted by molar-refractivity contribution is -0.386. The number of para-hydroxylation sites is 2. The van der Waals surface area contributed by atoms with Crippen molar-refractivity contribution in [3.8, 4) is 5.75 Å². The molecule has 0 spiro atoms. The smallest absolute Gasteiger partial charge is 0.310 e. The Bertz CT molecular complexity index is 973. The zero-order valence-electron chi connectivity index (χ0n) is 15.0. The largest absolute Gasteiger partial charge is 0.474 e. The molecule has 0 saturated heterocycles. The van der Waals surface area contributed by atoms with Crippen LogP contribution in [0.5, 0.6) is 5.75 Å². The standard InChI is InChI=1S/C18H19N3O6S/c1-3-12-19-28(25,26)15-10-8-14(9-11-15)20-18(22)13(2)27-17-7-5-4-6-16(17)21(23)24/h3-11,13,19H,1,12H2,2H3,(H,20,22)/t13-/m1/s1. The van der Waals surface area contributed by atoms with Crippen LogP contribution in [0, 0.1) is 10.1 Å². The Labute approximate surface area is 162 Å². The van der Waals surface area contributed by atoms with Gasteiger partial charge in [0.2, 0.25) is 10.0 Å².